The Morgan fingerprint density at radius 1 is 0.696 bits per heavy atom. The van der Waals surface area contributed by atoms with E-state index < -0.39 is 0 Å². The minimum absolute atomic E-state index is 0.793. The molecule has 132 valence electrons. The summed E-state index contributed by atoms with van der Waals surface area (Å²) in [5.74, 6) is 0. The minimum atomic E-state index is 0.793. The number of likely N-dealkylation sites (tertiary alicyclic amines) is 2. The van der Waals surface area contributed by atoms with Crippen molar-refractivity contribution in [1.29, 1.82) is 0 Å². The summed E-state index contributed by atoms with van der Waals surface area (Å²) >= 11 is 0. The largest absolute Gasteiger partial charge is 0.301 e. The maximum Gasteiger partial charge on any atom is 0.146 e. The SMILES string of the molecule is C[C@@H]1CCCN1CCCCN1[C]N(CCN2CCC[C@H]2C)CC1. The van der Waals surface area contributed by atoms with Gasteiger partial charge in [0.1, 0.15) is 6.67 Å². The zero-order valence-electron chi connectivity index (χ0n) is 15.3. The van der Waals surface area contributed by atoms with Gasteiger partial charge in [-0.2, -0.15) is 0 Å². The van der Waals surface area contributed by atoms with Crippen LogP contribution in [0.4, 0.5) is 0 Å². The zero-order chi connectivity index (χ0) is 16.1. The van der Waals surface area contributed by atoms with Crippen LogP contribution in [0.5, 0.6) is 0 Å². The highest BCUT2D eigenvalue weighted by Crippen LogP contribution is 2.18. The van der Waals surface area contributed by atoms with E-state index in [-0.39, 0.29) is 0 Å². The second kappa shape index (κ2) is 8.80. The van der Waals surface area contributed by atoms with Crippen LogP contribution in [0.25, 0.3) is 0 Å². The summed E-state index contributed by atoms with van der Waals surface area (Å²) in [4.78, 5) is 10.1. The van der Waals surface area contributed by atoms with E-state index in [9.17, 15) is 0 Å². The molecule has 23 heavy (non-hydrogen) atoms. The lowest BCUT2D eigenvalue weighted by atomic mass is 10.2. The molecule has 0 N–H and O–H groups in total. The number of rotatable bonds is 8. The molecule has 0 aromatic rings. The predicted octanol–water partition coefficient (Wildman–Crippen LogP) is 2.35. The van der Waals surface area contributed by atoms with E-state index in [0.717, 1.165) is 18.6 Å². The van der Waals surface area contributed by atoms with E-state index in [1.807, 2.05) is 0 Å². The van der Waals surface area contributed by atoms with Gasteiger partial charge in [-0.25, -0.2) is 0 Å². The summed E-state index contributed by atoms with van der Waals surface area (Å²) in [7, 11) is 0. The van der Waals surface area contributed by atoms with Crippen molar-refractivity contribution in [1.82, 2.24) is 19.6 Å². The van der Waals surface area contributed by atoms with Gasteiger partial charge >= 0.3 is 0 Å². The van der Waals surface area contributed by atoms with Crippen molar-refractivity contribution in [2.24, 2.45) is 0 Å². The molecule has 0 unspecified atom stereocenters. The molecule has 0 amide bonds. The molecule has 0 aromatic heterocycles. The average Bonchev–Trinajstić information content (AvgIpc) is 3.25. The summed E-state index contributed by atoms with van der Waals surface area (Å²) in [5, 5.41) is 0. The molecule has 0 saturated carbocycles. The first-order valence-electron chi connectivity index (χ1n) is 9.96. The van der Waals surface area contributed by atoms with Crippen LogP contribution in [0.1, 0.15) is 52.4 Å². The van der Waals surface area contributed by atoms with Gasteiger partial charge in [-0.15, -0.1) is 0 Å². The van der Waals surface area contributed by atoms with E-state index in [1.165, 1.54) is 84.3 Å². The highest BCUT2D eigenvalue weighted by atomic mass is 15.4. The van der Waals surface area contributed by atoms with Crippen molar-refractivity contribution in [3.05, 3.63) is 6.67 Å². The minimum Gasteiger partial charge on any atom is -0.301 e. The summed E-state index contributed by atoms with van der Waals surface area (Å²) in [6.07, 6.45) is 8.23. The fraction of sp³-hybridized carbons (Fsp3) is 0.947. The Balaban J connectivity index is 1.23. The summed E-state index contributed by atoms with van der Waals surface area (Å²) in [5.41, 5.74) is 0. The normalized spacial score (nSPS) is 31.6. The highest BCUT2D eigenvalue weighted by Gasteiger charge is 2.25. The molecule has 4 heteroatoms. The van der Waals surface area contributed by atoms with Crippen molar-refractivity contribution < 1.29 is 0 Å². The molecule has 3 aliphatic rings. The van der Waals surface area contributed by atoms with Gasteiger partial charge in [0.15, 0.2) is 0 Å². The molecule has 3 saturated heterocycles. The summed E-state index contributed by atoms with van der Waals surface area (Å²) in [6.45, 7) is 18.2. The van der Waals surface area contributed by atoms with Crippen molar-refractivity contribution >= 4 is 0 Å². The highest BCUT2D eigenvalue weighted by molar-refractivity contribution is 4.83. The number of hydrogen-bond acceptors (Lipinski definition) is 4. The Morgan fingerprint density at radius 2 is 1.26 bits per heavy atom. The van der Waals surface area contributed by atoms with E-state index >= 15 is 0 Å². The molecule has 2 radical (unpaired) electrons. The van der Waals surface area contributed by atoms with Gasteiger partial charge in [0.25, 0.3) is 0 Å². The van der Waals surface area contributed by atoms with Crippen LogP contribution in [0.15, 0.2) is 0 Å². The van der Waals surface area contributed by atoms with Gasteiger partial charge in [-0.05, 0) is 72.0 Å². The Labute approximate surface area is 143 Å². The van der Waals surface area contributed by atoms with E-state index in [2.05, 4.69) is 40.1 Å². The predicted molar refractivity (Wildman–Crippen MR) is 96.2 cm³/mol. The lowest BCUT2D eigenvalue weighted by Gasteiger charge is -2.24. The first kappa shape index (κ1) is 17.7. The Morgan fingerprint density at radius 3 is 1.87 bits per heavy atom. The quantitative estimate of drug-likeness (QED) is 0.637. The van der Waals surface area contributed by atoms with E-state index in [0.29, 0.717) is 0 Å². The van der Waals surface area contributed by atoms with Crippen LogP contribution in [0.3, 0.4) is 0 Å². The third-order valence-corrected chi connectivity index (χ3v) is 6.08. The van der Waals surface area contributed by atoms with Crippen molar-refractivity contribution in [2.75, 3.05) is 52.4 Å². The molecule has 0 aliphatic carbocycles. The molecular weight excluding hydrogens is 284 g/mol. The number of nitrogens with zero attached hydrogens (tertiary/aromatic N) is 4. The van der Waals surface area contributed by atoms with Crippen LogP contribution < -0.4 is 0 Å². The molecule has 0 spiro atoms. The first-order chi connectivity index (χ1) is 11.2. The molecule has 4 nitrogen and oxygen atoms in total. The Bertz CT molecular complexity index is 348. The zero-order valence-corrected chi connectivity index (χ0v) is 15.3. The maximum absolute atomic E-state index is 3.59. The molecular formula is C19H36N4. The molecule has 3 heterocycles. The van der Waals surface area contributed by atoms with Crippen molar-refractivity contribution in [2.45, 2.75) is 64.5 Å². The van der Waals surface area contributed by atoms with E-state index in [4.69, 9.17) is 0 Å². The van der Waals surface area contributed by atoms with Crippen LogP contribution in [-0.4, -0.2) is 84.0 Å². The van der Waals surface area contributed by atoms with E-state index in [1.54, 1.807) is 0 Å². The lowest BCUT2D eigenvalue weighted by Crippen LogP contribution is -2.35. The molecule has 3 fully saturated rings. The second-order valence-electron chi connectivity index (χ2n) is 7.84. The van der Waals surface area contributed by atoms with Crippen molar-refractivity contribution in [3.8, 4) is 0 Å². The third-order valence-electron chi connectivity index (χ3n) is 6.08. The number of hydrogen-bond donors (Lipinski definition) is 0. The Hall–Kier alpha value is -0.160. The van der Waals surface area contributed by atoms with Gasteiger partial charge in [0.2, 0.25) is 0 Å². The third kappa shape index (κ3) is 5.15. The Kier molecular flexibility index (Phi) is 6.75. The fourth-order valence-corrected chi connectivity index (χ4v) is 4.38. The lowest BCUT2D eigenvalue weighted by molar-refractivity contribution is 0.224. The fourth-order valence-electron chi connectivity index (χ4n) is 4.38. The molecule has 0 bridgehead atoms. The van der Waals surface area contributed by atoms with Crippen LogP contribution in [0, 0.1) is 6.67 Å². The maximum atomic E-state index is 3.59. The van der Waals surface area contributed by atoms with Crippen molar-refractivity contribution in [3.63, 3.8) is 0 Å². The van der Waals surface area contributed by atoms with Crippen LogP contribution >= 0.6 is 0 Å². The van der Waals surface area contributed by atoms with Crippen LogP contribution in [-0.2, 0) is 0 Å². The van der Waals surface area contributed by atoms with Gasteiger partial charge in [-0.1, -0.05) is 0 Å². The van der Waals surface area contributed by atoms with Gasteiger partial charge in [0, 0.05) is 44.8 Å². The topological polar surface area (TPSA) is 13.0 Å². The first-order valence-corrected chi connectivity index (χ1v) is 9.96. The van der Waals surface area contributed by atoms with Gasteiger partial charge in [0.05, 0.1) is 0 Å². The second-order valence-corrected chi connectivity index (χ2v) is 7.84. The molecule has 2 atom stereocenters. The molecule has 0 aromatic carbocycles. The molecule has 3 aliphatic heterocycles. The van der Waals surface area contributed by atoms with Gasteiger partial charge < -0.3 is 4.90 Å². The monoisotopic (exact) mass is 320 g/mol. The van der Waals surface area contributed by atoms with Crippen LogP contribution in [0.2, 0.25) is 0 Å². The molecule has 3 rings (SSSR count). The number of unbranched alkanes of at least 4 members (excludes halogenated alkanes) is 1. The van der Waals surface area contributed by atoms with Gasteiger partial charge in [-0.3, -0.25) is 14.7 Å². The smallest absolute Gasteiger partial charge is 0.146 e. The summed E-state index contributed by atoms with van der Waals surface area (Å²) in [6, 6.07) is 1.62. The standard InChI is InChI=1S/C19H36N4/c1-18-7-5-11-22(18)10-4-3-9-20-13-14-21(17-20)15-16-23-12-6-8-19(23)2/h18-19H,3-16H2,1-2H3/t18-,19-/m1/s1. The summed E-state index contributed by atoms with van der Waals surface area (Å²) < 4.78 is 0. The average molecular weight is 321 g/mol.